The summed E-state index contributed by atoms with van der Waals surface area (Å²) in [6, 6.07) is 13.8. The number of nitrogens with one attached hydrogen (secondary N) is 2. The van der Waals surface area contributed by atoms with Crippen LogP contribution in [-0.2, 0) is 6.54 Å². The highest BCUT2D eigenvalue weighted by Gasteiger charge is 2.05. The Hall–Kier alpha value is -2.89. The highest BCUT2D eigenvalue weighted by Crippen LogP contribution is 2.27. The standard InChI is InChI=1S/C20H27N3O3/c1-15-6-5-7-17(12-15)26-11-10-22-20(21-2)23-14-16-8-9-18(24-3)19(13-16)25-4/h5-9,12-13H,10-11,14H2,1-4H3,(H2,21,22,23). The summed E-state index contributed by atoms with van der Waals surface area (Å²) in [7, 11) is 5.00. The molecule has 0 fully saturated rings. The maximum atomic E-state index is 5.72. The van der Waals surface area contributed by atoms with Crippen LogP contribution in [0.2, 0.25) is 0 Å². The van der Waals surface area contributed by atoms with E-state index in [1.165, 1.54) is 5.56 Å². The van der Waals surface area contributed by atoms with E-state index in [1.807, 2.05) is 49.4 Å². The van der Waals surface area contributed by atoms with Crippen molar-refractivity contribution in [3.05, 3.63) is 53.6 Å². The van der Waals surface area contributed by atoms with E-state index in [1.54, 1.807) is 21.3 Å². The van der Waals surface area contributed by atoms with Crippen LogP contribution in [0.1, 0.15) is 11.1 Å². The van der Waals surface area contributed by atoms with Gasteiger partial charge in [0.05, 0.1) is 20.8 Å². The zero-order chi connectivity index (χ0) is 18.8. The van der Waals surface area contributed by atoms with Crippen LogP contribution in [0.4, 0.5) is 0 Å². The van der Waals surface area contributed by atoms with Crippen molar-refractivity contribution in [2.24, 2.45) is 4.99 Å². The van der Waals surface area contributed by atoms with E-state index in [0.29, 0.717) is 37.2 Å². The van der Waals surface area contributed by atoms with Gasteiger partial charge in [-0.05, 0) is 42.3 Å². The molecule has 2 N–H and O–H groups in total. The van der Waals surface area contributed by atoms with Crippen molar-refractivity contribution in [3.63, 3.8) is 0 Å². The molecule has 0 amide bonds. The normalized spacial score (nSPS) is 11.0. The van der Waals surface area contributed by atoms with E-state index >= 15 is 0 Å². The Bertz CT molecular complexity index is 732. The molecule has 0 heterocycles. The lowest BCUT2D eigenvalue weighted by Gasteiger charge is -2.14. The molecular formula is C20H27N3O3. The zero-order valence-corrected chi connectivity index (χ0v) is 15.8. The number of hydrogen-bond acceptors (Lipinski definition) is 4. The molecule has 2 aromatic carbocycles. The summed E-state index contributed by atoms with van der Waals surface area (Å²) in [4.78, 5) is 4.22. The number of aliphatic imine (C=N–C) groups is 1. The summed E-state index contributed by atoms with van der Waals surface area (Å²) in [6.07, 6.45) is 0. The molecule has 140 valence electrons. The predicted octanol–water partition coefficient (Wildman–Crippen LogP) is 2.76. The molecule has 0 unspecified atom stereocenters. The van der Waals surface area contributed by atoms with Crippen LogP contribution in [0.3, 0.4) is 0 Å². The number of hydrogen-bond donors (Lipinski definition) is 2. The first-order valence-electron chi connectivity index (χ1n) is 8.51. The summed E-state index contributed by atoms with van der Waals surface area (Å²) in [5.74, 6) is 3.01. The first kappa shape index (κ1) is 19.4. The van der Waals surface area contributed by atoms with Crippen molar-refractivity contribution in [1.82, 2.24) is 10.6 Å². The summed E-state index contributed by atoms with van der Waals surface area (Å²) in [5.41, 5.74) is 2.25. The van der Waals surface area contributed by atoms with Gasteiger partial charge in [0.25, 0.3) is 0 Å². The van der Waals surface area contributed by atoms with Crippen LogP contribution in [0.5, 0.6) is 17.2 Å². The lowest BCUT2D eigenvalue weighted by atomic mass is 10.2. The molecule has 0 atom stereocenters. The second-order valence-electron chi connectivity index (χ2n) is 5.71. The van der Waals surface area contributed by atoms with E-state index in [2.05, 4.69) is 15.6 Å². The van der Waals surface area contributed by atoms with Crippen LogP contribution >= 0.6 is 0 Å². The number of ether oxygens (including phenoxy) is 3. The number of rotatable bonds is 8. The Morgan fingerprint density at radius 2 is 1.81 bits per heavy atom. The largest absolute Gasteiger partial charge is 0.493 e. The molecule has 0 aliphatic carbocycles. The molecule has 0 aliphatic rings. The molecule has 6 heteroatoms. The minimum absolute atomic E-state index is 0.556. The second-order valence-corrected chi connectivity index (χ2v) is 5.71. The zero-order valence-electron chi connectivity index (χ0n) is 15.8. The molecule has 0 saturated heterocycles. The highest BCUT2D eigenvalue weighted by atomic mass is 16.5. The van der Waals surface area contributed by atoms with Gasteiger partial charge in [0, 0.05) is 13.6 Å². The van der Waals surface area contributed by atoms with E-state index < -0.39 is 0 Å². The topological polar surface area (TPSA) is 64.1 Å². The SMILES string of the molecule is CN=C(NCCOc1cccc(C)c1)NCc1ccc(OC)c(OC)c1. The average Bonchev–Trinajstić information content (AvgIpc) is 2.67. The maximum Gasteiger partial charge on any atom is 0.191 e. The van der Waals surface area contributed by atoms with Crippen molar-refractivity contribution >= 4 is 5.96 Å². The Balaban J connectivity index is 1.77. The smallest absolute Gasteiger partial charge is 0.191 e. The van der Waals surface area contributed by atoms with Crippen molar-refractivity contribution in [2.45, 2.75) is 13.5 Å². The molecule has 0 aliphatic heterocycles. The van der Waals surface area contributed by atoms with Gasteiger partial charge in [0.15, 0.2) is 17.5 Å². The molecule has 0 radical (unpaired) electrons. The van der Waals surface area contributed by atoms with Gasteiger partial charge in [-0.15, -0.1) is 0 Å². The van der Waals surface area contributed by atoms with Gasteiger partial charge in [0.1, 0.15) is 12.4 Å². The Morgan fingerprint density at radius 1 is 1.00 bits per heavy atom. The number of aryl methyl sites for hydroxylation is 1. The number of nitrogens with zero attached hydrogens (tertiary/aromatic N) is 1. The monoisotopic (exact) mass is 357 g/mol. The first-order chi connectivity index (χ1) is 12.7. The molecule has 0 aromatic heterocycles. The predicted molar refractivity (Wildman–Crippen MR) is 104 cm³/mol. The molecular weight excluding hydrogens is 330 g/mol. The number of guanidine groups is 1. The van der Waals surface area contributed by atoms with E-state index in [-0.39, 0.29) is 0 Å². The summed E-state index contributed by atoms with van der Waals surface area (Å²) >= 11 is 0. The number of benzene rings is 2. The van der Waals surface area contributed by atoms with Gasteiger partial charge >= 0.3 is 0 Å². The lowest BCUT2D eigenvalue weighted by Crippen LogP contribution is -2.38. The summed E-state index contributed by atoms with van der Waals surface area (Å²) < 4.78 is 16.3. The molecule has 26 heavy (non-hydrogen) atoms. The molecule has 2 aromatic rings. The Morgan fingerprint density at radius 3 is 2.50 bits per heavy atom. The van der Waals surface area contributed by atoms with Gasteiger partial charge in [0.2, 0.25) is 0 Å². The molecule has 6 nitrogen and oxygen atoms in total. The van der Waals surface area contributed by atoms with Crippen LogP contribution in [0.15, 0.2) is 47.5 Å². The second kappa shape index (κ2) is 10.2. The first-order valence-corrected chi connectivity index (χ1v) is 8.51. The average molecular weight is 357 g/mol. The summed E-state index contributed by atoms with van der Waals surface area (Å²) in [6.45, 7) is 3.88. The fourth-order valence-electron chi connectivity index (χ4n) is 2.44. The van der Waals surface area contributed by atoms with Crippen LogP contribution in [0, 0.1) is 6.92 Å². The van der Waals surface area contributed by atoms with Crippen LogP contribution < -0.4 is 24.8 Å². The number of methoxy groups -OCH3 is 2. The quantitative estimate of drug-likeness (QED) is 0.432. The minimum Gasteiger partial charge on any atom is -0.493 e. The van der Waals surface area contributed by atoms with E-state index in [0.717, 1.165) is 11.3 Å². The third kappa shape index (κ3) is 5.88. The van der Waals surface area contributed by atoms with Crippen LogP contribution in [-0.4, -0.2) is 40.4 Å². The molecule has 2 rings (SSSR count). The van der Waals surface area contributed by atoms with Gasteiger partial charge in [-0.2, -0.15) is 0 Å². The molecule has 0 bridgehead atoms. The van der Waals surface area contributed by atoms with Crippen molar-refractivity contribution in [3.8, 4) is 17.2 Å². The van der Waals surface area contributed by atoms with Crippen molar-refractivity contribution in [1.29, 1.82) is 0 Å². The molecule has 0 saturated carbocycles. The third-order valence-corrected chi connectivity index (χ3v) is 3.78. The van der Waals surface area contributed by atoms with Gasteiger partial charge in [-0.1, -0.05) is 18.2 Å². The fraction of sp³-hybridized carbons (Fsp3) is 0.350. The van der Waals surface area contributed by atoms with Gasteiger partial charge < -0.3 is 24.8 Å². The Labute approximate surface area is 155 Å². The fourth-order valence-corrected chi connectivity index (χ4v) is 2.44. The van der Waals surface area contributed by atoms with Gasteiger partial charge in [-0.25, -0.2) is 0 Å². The maximum absolute atomic E-state index is 5.72. The summed E-state index contributed by atoms with van der Waals surface area (Å²) in [5, 5.41) is 6.50. The van der Waals surface area contributed by atoms with Crippen molar-refractivity contribution < 1.29 is 14.2 Å². The molecule has 0 spiro atoms. The lowest BCUT2D eigenvalue weighted by molar-refractivity contribution is 0.321. The van der Waals surface area contributed by atoms with Gasteiger partial charge in [-0.3, -0.25) is 4.99 Å². The third-order valence-electron chi connectivity index (χ3n) is 3.78. The minimum atomic E-state index is 0.556. The van der Waals surface area contributed by atoms with Crippen molar-refractivity contribution in [2.75, 3.05) is 34.4 Å². The van der Waals surface area contributed by atoms with E-state index in [4.69, 9.17) is 14.2 Å². The van der Waals surface area contributed by atoms with E-state index in [9.17, 15) is 0 Å². The Kier molecular flexibility index (Phi) is 7.61. The highest BCUT2D eigenvalue weighted by molar-refractivity contribution is 5.79. The van der Waals surface area contributed by atoms with Crippen LogP contribution in [0.25, 0.3) is 0 Å².